The number of hydrogen-bond donors (Lipinski definition) is 1. The highest BCUT2D eigenvalue weighted by atomic mass is 16.5. The molecule has 1 fully saturated rings. The maximum atomic E-state index is 12.3. The number of anilines is 1. The Bertz CT molecular complexity index is 1020. The molecular weight excluding hydrogens is 356 g/mol. The predicted molar refractivity (Wildman–Crippen MR) is 105 cm³/mol. The van der Waals surface area contributed by atoms with Gasteiger partial charge in [0.2, 0.25) is 5.88 Å². The summed E-state index contributed by atoms with van der Waals surface area (Å²) < 4.78 is 8.99. The molecule has 0 aromatic carbocycles. The highest BCUT2D eigenvalue weighted by Crippen LogP contribution is 2.46. The molecule has 2 unspecified atom stereocenters. The summed E-state index contributed by atoms with van der Waals surface area (Å²) in [5, 5.41) is 11.8. The van der Waals surface area contributed by atoms with E-state index in [0.29, 0.717) is 36.6 Å². The largest absolute Gasteiger partial charge is 0.476 e. The predicted octanol–water partition coefficient (Wildman–Crippen LogP) is 2.01. The molecule has 2 atom stereocenters. The number of aryl methyl sites for hydroxylation is 3. The first-order valence-corrected chi connectivity index (χ1v) is 9.35. The minimum absolute atomic E-state index is 0.197. The monoisotopic (exact) mass is 380 g/mol. The Labute approximate surface area is 163 Å². The van der Waals surface area contributed by atoms with Crippen molar-refractivity contribution in [2.75, 3.05) is 11.9 Å². The number of nitrogens with one attached hydrogen (secondary N) is 1. The summed E-state index contributed by atoms with van der Waals surface area (Å²) in [6.45, 7) is 3.01. The van der Waals surface area contributed by atoms with Crippen LogP contribution in [0.5, 0.6) is 5.88 Å². The summed E-state index contributed by atoms with van der Waals surface area (Å²) in [5.74, 6) is 1.31. The van der Waals surface area contributed by atoms with Gasteiger partial charge in [-0.2, -0.15) is 5.10 Å². The van der Waals surface area contributed by atoms with E-state index in [-0.39, 0.29) is 5.56 Å². The Balaban J connectivity index is 1.38. The molecule has 3 heterocycles. The van der Waals surface area contributed by atoms with Crippen LogP contribution in [-0.2, 0) is 20.6 Å². The zero-order valence-electron chi connectivity index (χ0n) is 16.3. The van der Waals surface area contributed by atoms with Crippen molar-refractivity contribution in [1.82, 2.24) is 24.5 Å². The Morgan fingerprint density at radius 3 is 2.82 bits per heavy atom. The topological polar surface area (TPSA) is 86.9 Å². The van der Waals surface area contributed by atoms with Gasteiger partial charge < -0.3 is 10.1 Å². The molecule has 1 N–H and O–H groups in total. The van der Waals surface area contributed by atoms with E-state index in [1.165, 1.54) is 4.68 Å². The molecule has 3 aromatic heterocycles. The lowest BCUT2D eigenvalue weighted by Crippen LogP contribution is -2.24. The molecule has 28 heavy (non-hydrogen) atoms. The normalized spacial score (nSPS) is 18.1. The Kier molecular flexibility index (Phi) is 4.85. The summed E-state index contributed by atoms with van der Waals surface area (Å²) in [4.78, 5) is 16.7. The average molecular weight is 380 g/mol. The van der Waals surface area contributed by atoms with Crippen molar-refractivity contribution in [2.24, 2.45) is 20.0 Å². The number of pyridine rings is 1. The van der Waals surface area contributed by atoms with E-state index in [9.17, 15) is 4.79 Å². The van der Waals surface area contributed by atoms with E-state index >= 15 is 0 Å². The van der Waals surface area contributed by atoms with E-state index in [2.05, 4.69) is 26.6 Å². The first-order valence-electron chi connectivity index (χ1n) is 9.35. The number of nitrogens with zero attached hydrogens (tertiary/aromatic N) is 5. The van der Waals surface area contributed by atoms with Gasteiger partial charge in [-0.25, -0.2) is 4.68 Å². The van der Waals surface area contributed by atoms with Crippen LogP contribution in [0, 0.1) is 12.8 Å². The smallest absolute Gasteiger partial charge is 0.290 e. The zero-order chi connectivity index (χ0) is 19.7. The maximum Gasteiger partial charge on any atom is 0.290 e. The lowest BCUT2D eigenvalue weighted by atomic mass is 10.2. The van der Waals surface area contributed by atoms with E-state index < -0.39 is 0 Å². The van der Waals surface area contributed by atoms with Gasteiger partial charge in [-0.1, -0.05) is 6.07 Å². The van der Waals surface area contributed by atoms with Crippen LogP contribution < -0.4 is 15.6 Å². The second-order valence-corrected chi connectivity index (χ2v) is 7.33. The third-order valence-electron chi connectivity index (χ3n) is 4.96. The van der Waals surface area contributed by atoms with Crippen LogP contribution in [0.1, 0.15) is 29.3 Å². The van der Waals surface area contributed by atoms with Crippen LogP contribution in [0.2, 0.25) is 0 Å². The zero-order valence-corrected chi connectivity index (χ0v) is 16.3. The summed E-state index contributed by atoms with van der Waals surface area (Å²) in [7, 11) is 3.55. The lowest BCUT2D eigenvalue weighted by Gasteiger charge is -2.10. The van der Waals surface area contributed by atoms with Crippen molar-refractivity contribution in [3.05, 3.63) is 64.0 Å². The summed E-state index contributed by atoms with van der Waals surface area (Å²) in [6, 6.07) is 7.65. The van der Waals surface area contributed by atoms with Crippen molar-refractivity contribution < 1.29 is 4.74 Å². The molecule has 8 nitrogen and oxygen atoms in total. The van der Waals surface area contributed by atoms with Gasteiger partial charge >= 0.3 is 0 Å². The molecule has 4 rings (SSSR count). The third kappa shape index (κ3) is 4.05. The van der Waals surface area contributed by atoms with Gasteiger partial charge in [0.25, 0.3) is 5.56 Å². The third-order valence-corrected chi connectivity index (χ3v) is 4.96. The summed E-state index contributed by atoms with van der Waals surface area (Å²) in [6.07, 6.45) is 4.83. The first-order chi connectivity index (χ1) is 13.5. The van der Waals surface area contributed by atoms with Crippen LogP contribution in [-0.4, -0.2) is 31.2 Å². The van der Waals surface area contributed by atoms with Crippen molar-refractivity contribution in [3.8, 4) is 5.88 Å². The Hall–Kier alpha value is -3.16. The van der Waals surface area contributed by atoms with Crippen molar-refractivity contribution in [2.45, 2.75) is 25.8 Å². The minimum atomic E-state index is -0.197. The Morgan fingerprint density at radius 1 is 1.25 bits per heavy atom. The maximum absolute atomic E-state index is 12.3. The number of aromatic nitrogens is 5. The molecule has 8 heteroatoms. The number of rotatable bonds is 7. The van der Waals surface area contributed by atoms with Crippen LogP contribution in [0.4, 0.5) is 5.69 Å². The van der Waals surface area contributed by atoms with E-state index in [4.69, 9.17) is 4.74 Å². The molecule has 0 radical (unpaired) electrons. The number of ether oxygens (including phenoxy) is 1. The van der Waals surface area contributed by atoms with Crippen LogP contribution in [0.3, 0.4) is 0 Å². The van der Waals surface area contributed by atoms with Gasteiger partial charge in [-0.15, -0.1) is 5.10 Å². The standard InChI is InChI=1S/C20H24N6O2/c1-13-4-5-15(21-10-13)11-22-18-9-19(24-26(3)20(18)27)28-12-14-8-16(14)17-6-7-25(2)23-17/h4-7,9-10,14,16,22H,8,11-12H2,1-3H3. The fourth-order valence-corrected chi connectivity index (χ4v) is 3.18. The molecule has 0 bridgehead atoms. The quantitative estimate of drug-likeness (QED) is 0.675. The lowest BCUT2D eigenvalue weighted by molar-refractivity contribution is 0.278. The highest BCUT2D eigenvalue weighted by Gasteiger charge is 2.40. The minimum Gasteiger partial charge on any atom is -0.476 e. The van der Waals surface area contributed by atoms with E-state index in [0.717, 1.165) is 23.4 Å². The van der Waals surface area contributed by atoms with Gasteiger partial charge in [0.1, 0.15) is 5.69 Å². The average Bonchev–Trinajstić information content (AvgIpc) is 3.33. The fourth-order valence-electron chi connectivity index (χ4n) is 3.18. The van der Waals surface area contributed by atoms with Gasteiger partial charge in [0.05, 0.1) is 24.5 Å². The first kappa shape index (κ1) is 18.2. The van der Waals surface area contributed by atoms with Gasteiger partial charge in [-0.3, -0.25) is 14.5 Å². The number of hydrogen-bond acceptors (Lipinski definition) is 6. The SMILES string of the molecule is Cc1ccc(CNc2cc(OCC3CC3c3ccn(C)n3)nn(C)c2=O)nc1. The van der Waals surface area contributed by atoms with Crippen molar-refractivity contribution in [1.29, 1.82) is 0 Å². The van der Waals surface area contributed by atoms with E-state index in [1.807, 2.05) is 43.2 Å². The van der Waals surface area contributed by atoms with Crippen LogP contribution >= 0.6 is 0 Å². The molecule has 3 aromatic rings. The van der Waals surface area contributed by atoms with Crippen LogP contribution in [0.15, 0.2) is 41.5 Å². The van der Waals surface area contributed by atoms with Crippen molar-refractivity contribution >= 4 is 5.69 Å². The molecule has 1 saturated carbocycles. The fraction of sp³-hybridized carbons (Fsp3) is 0.400. The molecule has 1 aliphatic rings. The summed E-state index contributed by atoms with van der Waals surface area (Å²) in [5.41, 5.74) is 3.33. The summed E-state index contributed by atoms with van der Waals surface area (Å²) >= 11 is 0. The Morgan fingerprint density at radius 2 is 2.11 bits per heavy atom. The van der Waals surface area contributed by atoms with Gasteiger partial charge in [0, 0.05) is 44.4 Å². The second-order valence-electron chi connectivity index (χ2n) is 7.33. The molecule has 0 aliphatic heterocycles. The molecule has 0 spiro atoms. The van der Waals surface area contributed by atoms with Gasteiger partial charge in [0.15, 0.2) is 0 Å². The van der Waals surface area contributed by atoms with Gasteiger partial charge in [-0.05, 0) is 31.0 Å². The van der Waals surface area contributed by atoms with Crippen molar-refractivity contribution in [3.63, 3.8) is 0 Å². The van der Waals surface area contributed by atoms with Crippen LogP contribution in [0.25, 0.3) is 0 Å². The second kappa shape index (κ2) is 7.46. The molecule has 0 amide bonds. The molecular formula is C20H24N6O2. The molecule has 146 valence electrons. The highest BCUT2D eigenvalue weighted by molar-refractivity contribution is 5.43. The molecule has 0 saturated heterocycles. The van der Waals surface area contributed by atoms with E-state index in [1.54, 1.807) is 13.1 Å². The molecule has 1 aliphatic carbocycles.